The number of carbonyl (C=O) groups is 3. The standard InChI is InChI=1S/C98H157NO8/c1-6-8-10-12-14-16-18-20-22-24-26-28-30-32-34-36-38-40-42-44-46-48-50-52-54-56-58-60-62-64-66-68-70-72-74-76-78-80-82-84-86-88-95(100)105-92-94(93-106-98(97(102)103)104-91-90-99(3,4)5)107-96(101)89-87-85-83-81-79-77-75-73-71-69-67-65-63-61-59-57-55-53-51-49-47-45-43-41-39-37-35-33-31-29-27-25-23-21-19-17-15-13-11-9-7-2/h8-11,14-17,20-23,26-29,32-35,38-41,45,47,51,53,57,59,63,65,69,71,75,77,94,98H,6-7,12-13,18-19,24-25,30-31,36-37,42-44,46,48-50,52,54-56,58,60-62,64,66-68,70,72-74,76,78-93H2,1-5H3/p+1/b10-8-,11-9-,16-14-,17-15-,22-20-,23-21-,28-26-,29-27-,34-32-,35-33-,40-38-,41-39-,47-45-,53-51-,59-57-,65-63-,71-69-,77-75-. The Morgan fingerprint density at radius 3 is 0.748 bits per heavy atom. The van der Waals surface area contributed by atoms with E-state index >= 15 is 0 Å². The molecule has 602 valence electrons. The van der Waals surface area contributed by atoms with Crippen LogP contribution < -0.4 is 0 Å². The Morgan fingerprint density at radius 2 is 0.505 bits per heavy atom. The molecule has 0 rings (SSSR count). The number of hydrogen-bond donors (Lipinski definition) is 1. The SMILES string of the molecule is CC/C=C\C/C=C\C/C=C\C/C=C\C/C=C\C/C=C\C/C=C\C/C=C\C/C=C\C/C=C\C/C=C\C/C=C\CCCCCCC(=O)OC(COC(=O)CCCCCCCCCCCCCCCCCCCCCCCC/C=C\C/C=C\C/C=C\C/C=C\C/C=C\C/C=C\CC)COC(OCC[N+](C)(C)C)C(=O)O. The van der Waals surface area contributed by atoms with Crippen molar-refractivity contribution in [3.8, 4) is 0 Å². The fourth-order valence-corrected chi connectivity index (χ4v) is 11.3. The zero-order valence-corrected chi connectivity index (χ0v) is 69.0. The third-order valence-corrected chi connectivity index (χ3v) is 17.7. The van der Waals surface area contributed by atoms with Crippen molar-refractivity contribution in [3.05, 3.63) is 219 Å². The first-order valence-electron chi connectivity index (χ1n) is 42.9. The quantitative estimate of drug-likeness (QED) is 0.0211. The molecule has 1 N–H and O–H groups in total. The van der Waals surface area contributed by atoms with Gasteiger partial charge in [-0.2, -0.15) is 0 Å². The Hall–Kier alpha value is -6.39. The predicted octanol–water partition coefficient (Wildman–Crippen LogP) is 28.4. The molecule has 0 bridgehead atoms. The minimum Gasteiger partial charge on any atom is -0.477 e. The molecular weight excluding hydrogens is 1320 g/mol. The van der Waals surface area contributed by atoms with E-state index in [0.717, 1.165) is 161 Å². The Labute approximate surface area is 657 Å². The number of carbonyl (C=O) groups excluding carboxylic acids is 2. The highest BCUT2D eigenvalue weighted by Gasteiger charge is 2.25. The predicted molar refractivity (Wildman–Crippen MR) is 465 cm³/mol. The average Bonchev–Trinajstić information content (AvgIpc) is 0.965. The summed E-state index contributed by atoms with van der Waals surface area (Å²) in [7, 11) is 5.97. The van der Waals surface area contributed by atoms with Crippen molar-refractivity contribution in [3.63, 3.8) is 0 Å². The number of esters is 2. The van der Waals surface area contributed by atoms with Gasteiger partial charge in [0.15, 0.2) is 6.10 Å². The van der Waals surface area contributed by atoms with Gasteiger partial charge in [0.2, 0.25) is 0 Å². The zero-order valence-electron chi connectivity index (χ0n) is 69.0. The van der Waals surface area contributed by atoms with Crippen molar-refractivity contribution < 1.29 is 42.9 Å². The average molecular weight is 1480 g/mol. The van der Waals surface area contributed by atoms with Crippen molar-refractivity contribution in [1.82, 2.24) is 0 Å². The molecule has 0 aromatic rings. The van der Waals surface area contributed by atoms with E-state index in [-0.39, 0.29) is 38.6 Å². The fraction of sp³-hybridized carbons (Fsp3) is 0.602. The molecule has 0 saturated heterocycles. The molecule has 0 saturated carbocycles. The molecular formula is C98H158NO8+. The van der Waals surface area contributed by atoms with Gasteiger partial charge in [0.25, 0.3) is 6.29 Å². The molecule has 9 heteroatoms. The van der Waals surface area contributed by atoms with Crippen molar-refractivity contribution >= 4 is 17.9 Å². The molecule has 0 aromatic heterocycles. The van der Waals surface area contributed by atoms with Gasteiger partial charge in [0.05, 0.1) is 34.4 Å². The first-order chi connectivity index (χ1) is 52.6. The van der Waals surface area contributed by atoms with Gasteiger partial charge in [-0.1, -0.05) is 374 Å². The number of hydrogen-bond acceptors (Lipinski definition) is 7. The van der Waals surface area contributed by atoms with Gasteiger partial charge in [-0.15, -0.1) is 0 Å². The lowest BCUT2D eigenvalue weighted by molar-refractivity contribution is -0.870. The summed E-state index contributed by atoms with van der Waals surface area (Å²) in [5.41, 5.74) is 0. The first-order valence-corrected chi connectivity index (χ1v) is 42.9. The van der Waals surface area contributed by atoms with Crippen LogP contribution in [0.4, 0.5) is 0 Å². The van der Waals surface area contributed by atoms with Gasteiger partial charge < -0.3 is 28.5 Å². The molecule has 0 aliphatic heterocycles. The van der Waals surface area contributed by atoms with Crippen molar-refractivity contribution in [1.29, 1.82) is 0 Å². The van der Waals surface area contributed by atoms with Gasteiger partial charge in [0.1, 0.15) is 13.2 Å². The Morgan fingerprint density at radius 1 is 0.280 bits per heavy atom. The molecule has 0 radical (unpaired) electrons. The second kappa shape index (κ2) is 85.2. The van der Waals surface area contributed by atoms with Crippen LogP contribution in [0.2, 0.25) is 0 Å². The molecule has 0 heterocycles. The smallest absolute Gasteiger partial charge is 0.361 e. The maximum absolute atomic E-state index is 13.0. The highest BCUT2D eigenvalue weighted by molar-refractivity contribution is 5.71. The number of ether oxygens (including phenoxy) is 4. The van der Waals surface area contributed by atoms with E-state index in [1.165, 1.54) is 128 Å². The van der Waals surface area contributed by atoms with E-state index in [9.17, 15) is 19.5 Å². The van der Waals surface area contributed by atoms with Crippen LogP contribution in [-0.4, -0.2) is 87.4 Å². The molecule has 0 aromatic carbocycles. The summed E-state index contributed by atoms with van der Waals surface area (Å²) < 4.78 is 23.0. The minimum atomic E-state index is -1.53. The van der Waals surface area contributed by atoms with E-state index in [0.29, 0.717) is 17.4 Å². The number of unbranched alkanes of at least 4 members (excludes halogenated alkanes) is 26. The summed E-state index contributed by atoms with van der Waals surface area (Å²) in [5, 5.41) is 9.79. The molecule has 2 atom stereocenters. The molecule has 0 amide bonds. The second-order valence-corrected chi connectivity index (χ2v) is 29.0. The number of quaternary nitrogens is 1. The molecule has 0 aliphatic rings. The Bertz CT molecular complexity index is 2580. The maximum atomic E-state index is 13.0. The topological polar surface area (TPSA) is 108 Å². The van der Waals surface area contributed by atoms with Crippen molar-refractivity contribution in [2.24, 2.45) is 0 Å². The lowest BCUT2D eigenvalue weighted by Crippen LogP contribution is -2.40. The normalized spacial score (nSPS) is 13.8. The summed E-state index contributed by atoms with van der Waals surface area (Å²) in [6, 6.07) is 0. The molecule has 2 unspecified atom stereocenters. The van der Waals surface area contributed by atoms with E-state index in [1.807, 2.05) is 21.1 Å². The summed E-state index contributed by atoms with van der Waals surface area (Å²) >= 11 is 0. The van der Waals surface area contributed by atoms with Gasteiger partial charge in [-0.25, -0.2) is 4.79 Å². The largest absolute Gasteiger partial charge is 0.477 e. The lowest BCUT2D eigenvalue weighted by atomic mass is 10.0. The molecule has 9 nitrogen and oxygen atoms in total. The fourth-order valence-electron chi connectivity index (χ4n) is 11.3. The Balaban J connectivity index is 4.10. The van der Waals surface area contributed by atoms with E-state index in [4.69, 9.17) is 18.9 Å². The molecule has 0 spiro atoms. The van der Waals surface area contributed by atoms with Crippen LogP contribution >= 0.6 is 0 Å². The maximum Gasteiger partial charge on any atom is 0.361 e. The second-order valence-electron chi connectivity index (χ2n) is 29.0. The highest BCUT2D eigenvalue weighted by Crippen LogP contribution is 2.18. The number of carboxylic acids is 1. The number of likely N-dealkylation sites (N-methyl/N-ethyl adjacent to an activating group) is 1. The highest BCUT2D eigenvalue weighted by atomic mass is 16.7. The first kappa shape index (κ1) is 101. The molecule has 0 fully saturated rings. The van der Waals surface area contributed by atoms with Crippen molar-refractivity contribution in [2.75, 3.05) is 47.5 Å². The van der Waals surface area contributed by atoms with E-state index in [2.05, 4.69) is 233 Å². The molecule has 107 heavy (non-hydrogen) atoms. The van der Waals surface area contributed by atoms with Gasteiger partial charge >= 0.3 is 17.9 Å². The van der Waals surface area contributed by atoms with Crippen LogP contribution in [0.25, 0.3) is 0 Å². The summed E-state index contributed by atoms with van der Waals surface area (Å²) in [6.07, 6.45) is 131. The number of rotatable bonds is 77. The number of nitrogens with zero attached hydrogens (tertiary/aromatic N) is 1. The summed E-state index contributed by atoms with van der Waals surface area (Å²) in [4.78, 5) is 37.8. The molecule has 0 aliphatic carbocycles. The van der Waals surface area contributed by atoms with Crippen LogP contribution in [0.5, 0.6) is 0 Å². The number of carboxylic acid groups (broad SMARTS) is 1. The van der Waals surface area contributed by atoms with Gasteiger partial charge in [-0.3, -0.25) is 9.59 Å². The van der Waals surface area contributed by atoms with Crippen LogP contribution in [-0.2, 0) is 33.3 Å². The van der Waals surface area contributed by atoms with Gasteiger partial charge in [-0.05, 0) is 154 Å². The van der Waals surface area contributed by atoms with Crippen LogP contribution in [0.1, 0.15) is 322 Å². The van der Waals surface area contributed by atoms with Crippen LogP contribution in [0, 0.1) is 0 Å². The number of aliphatic carboxylic acids is 1. The number of allylic oxidation sites excluding steroid dienone is 36. The van der Waals surface area contributed by atoms with E-state index in [1.54, 1.807) is 0 Å². The minimum absolute atomic E-state index is 0.173. The lowest BCUT2D eigenvalue weighted by Gasteiger charge is -2.25. The third kappa shape index (κ3) is 86.7. The summed E-state index contributed by atoms with van der Waals surface area (Å²) in [5.74, 6) is -2.05. The van der Waals surface area contributed by atoms with Crippen molar-refractivity contribution in [2.45, 2.75) is 334 Å². The monoisotopic (exact) mass is 1480 g/mol. The van der Waals surface area contributed by atoms with Gasteiger partial charge in [0, 0.05) is 12.8 Å². The van der Waals surface area contributed by atoms with E-state index < -0.39 is 24.3 Å². The van der Waals surface area contributed by atoms with Crippen LogP contribution in [0.3, 0.4) is 0 Å². The summed E-state index contributed by atoms with van der Waals surface area (Å²) in [6.45, 7) is 4.62. The Kier molecular flexibility index (Phi) is 80.1. The third-order valence-electron chi connectivity index (χ3n) is 17.7. The van der Waals surface area contributed by atoms with Crippen LogP contribution in [0.15, 0.2) is 219 Å². The zero-order chi connectivity index (χ0) is 77.4.